The van der Waals surface area contributed by atoms with Crippen LogP contribution in [0, 0.1) is 5.92 Å². The van der Waals surface area contributed by atoms with Crippen LogP contribution in [0.25, 0.3) is 0 Å². The molecule has 20 heavy (non-hydrogen) atoms. The Bertz CT molecular complexity index is 324. The van der Waals surface area contributed by atoms with E-state index >= 15 is 0 Å². The zero-order valence-electron chi connectivity index (χ0n) is 12.5. The van der Waals surface area contributed by atoms with E-state index in [1.807, 2.05) is 6.92 Å². The molecule has 0 aromatic heterocycles. The predicted molar refractivity (Wildman–Crippen MR) is 73.0 cm³/mol. The van der Waals surface area contributed by atoms with Crippen LogP contribution in [-0.4, -0.2) is 60.9 Å². The van der Waals surface area contributed by atoms with Crippen LogP contribution >= 0.6 is 0 Å². The van der Waals surface area contributed by atoms with Gasteiger partial charge in [0.25, 0.3) is 5.91 Å². The van der Waals surface area contributed by atoms with Crippen LogP contribution in [0.1, 0.15) is 33.1 Å². The first-order valence-corrected chi connectivity index (χ1v) is 7.15. The number of rotatable bonds is 7. The number of aliphatic hydroxyl groups is 1. The molecule has 1 N–H and O–H groups in total. The summed E-state index contributed by atoms with van der Waals surface area (Å²) in [6.07, 6.45) is 1.75. The number of ether oxygens (including phenoxy) is 2. The lowest BCUT2D eigenvalue weighted by atomic mass is 10.1. The van der Waals surface area contributed by atoms with Crippen molar-refractivity contribution in [3.8, 4) is 0 Å². The zero-order chi connectivity index (χ0) is 15.1. The van der Waals surface area contributed by atoms with Crippen LogP contribution in [0.4, 0.5) is 0 Å². The molecule has 0 bridgehead atoms. The highest BCUT2D eigenvalue weighted by Gasteiger charge is 2.33. The van der Waals surface area contributed by atoms with Gasteiger partial charge in [-0.3, -0.25) is 9.59 Å². The smallest absolute Gasteiger partial charge is 0.310 e. The van der Waals surface area contributed by atoms with Gasteiger partial charge in [0.1, 0.15) is 6.10 Å². The second kappa shape index (κ2) is 8.21. The molecule has 1 heterocycles. The van der Waals surface area contributed by atoms with Crippen molar-refractivity contribution in [1.29, 1.82) is 0 Å². The minimum atomic E-state index is -0.444. The van der Waals surface area contributed by atoms with Crippen molar-refractivity contribution in [1.82, 2.24) is 4.90 Å². The van der Waals surface area contributed by atoms with Crippen LogP contribution in [0.3, 0.4) is 0 Å². The summed E-state index contributed by atoms with van der Waals surface area (Å²) in [4.78, 5) is 25.6. The minimum absolute atomic E-state index is 0.122. The zero-order valence-corrected chi connectivity index (χ0v) is 12.5. The van der Waals surface area contributed by atoms with Gasteiger partial charge in [-0.15, -0.1) is 0 Å². The highest BCUT2D eigenvalue weighted by Crippen LogP contribution is 2.18. The normalized spacial score (nSPS) is 21.3. The SMILES string of the molecule is CCC(CO)N(CC(C)C(=O)OC)C(=O)C1CCCO1. The van der Waals surface area contributed by atoms with Crippen LogP contribution in [-0.2, 0) is 19.1 Å². The molecule has 1 saturated heterocycles. The topological polar surface area (TPSA) is 76.1 Å². The van der Waals surface area contributed by atoms with Gasteiger partial charge in [0.05, 0.1) is 25.7 Å². The van der Waals surface area contributed by atoms with Gasteiger partial charge in [-0.1, -0.05) is 13.8 Å². The number of aliphatic hydroxyl groups excluding tert-OH is 1. The number of nitrogens with zero attached hydrogens (tertiary/aromatic N) is 1. The van der Waals surface area contributed by atoms with E-state index in [4.69, 9.17) is 9.47 Å². The fourth-order valence-electron chi connectivity index (χ4n) is 2.40. The molecule has 0 spiro atoms. The number of hydrogen-bond acceptors (Lipinski definition) is 5. The minimum Gasteiger partial charge on any atom is -0.469 e. The van der Waals surface area contributed by atoms with E-state index in [1.54, 1.807) is 11.8 Å². The Morgan fingerprint density at radius 2 is 2.20 bits per heavy atom. The Morgan fingerprint density at radius 3 is 2.65 bits per heavy atom. The summed E-state index contributed by atoms with van der Waals surface area (Å²) in [5.74, 6) is -0.923. The third-order valence-electron chi connectivity index (χ3n) is 3.69. The highest BCUT2D eigenvalue weighted by atomic mass is 16.5. The molecule has 1 aliphatic heterocycles. The molecule has 3 unspecified atom stereocenters. The largest absolute Gasteiger partial charge is 0.469 e. The summed E-state index contributed by atoms with van der Waals surface area (Å²) in [6, 6.07) is -0.293. The van der Waals surface area contributed by atoms with Gasteiger partial charge in [0, 0.05) is 13.2 Å². The average molecular weight is 287 g/mol. The molecule has 6 heteroatoms. The maximum absolute atomic E-state index is 12.5. The third kappa shape index (κ3) is 4.18. The Morgan fingerprint density at radius 1 is 1.50 bits per heavy atom. The summed E-state index contributed by atoms with van der Waals surface area (Å²) < 4.78 is 10.1. The van der Waals surface area contributed by atoms with E-state index in [2.05, 4.69) is 0 Å². The van der Waals surface area contributed by atoms with E-state index < -0.39 is 12.0 Å². The molecule has 0 radical (unpaired) electrons. The second-order valence-electron chi connectivity index (χ2n) is 5.16. The van der Waals surface area contributed by atoms with Gasteiger partial charge in [-0.05, 0) is 19.3 Å². The first kappa shape index (κ1) is 16.9. The van der Waals surface area contributed by atoms with Gasteiger partial charge < -0.3 is 19.5 Å². The van der Waals surface area contributed by atoms with Crippen molar-refractivity contribution in [3.05, 3.63) is 0 Å². The summed E-state index contributed by atoms with van der Waals surface area (Å²) in [5.41, 5.74) is 0. The molecular formula is C14H25NO5. The van der Waals surface area contributed by atoms with Crippen LogP contribution < -0.4 is 0 Å². The van der Waals surface area contributed by atoms with Gasteiger partial charge in [0.15, 0.2) is 0 Å². The van der Waals surface area contributed by atoms with Crippen molar-refractivity contribution in [2.75, 3.05) is 26.9 Å². The number of methoxy groups -OCH3 is 1. The molecule has 1 fully saturated rings. The summed E-state index contributed by atoms with van der Waals surface area (Å²) in [6.45, 7) is 4.32. The lowest BCUT2D eigenvalue weighted by Gasteiger charge is -2.33. The van der Waals surface area contributed by atoms with Crippen LogP contribution in [0.15, 0.2) is 0 Å². The lowest BCUT2D eigenvalue weighted by Crippen LogP contribution is -2.49. The number of amides is 1. The quantitative estimate of drug-likeness (QED) is 0.693. The fraction of sp³-hybridized carbons (Fsp3) is 0.857. The average Bonchev–Trinajstić information content (AvgIpc) is 2.99. The standard InChI is InChI=1S/C14H25NO5/c1-4-11(9-16)15(8-10(2)14(18)19-3)13(17)12-6-5-7-20-12/h10-12,16H,4-9H2,1-3H3. The first-order valence-electron chi connectivity index (χ1n) is 7.15. The Kier molecular flexibility index (Phi) is 6.95. The molecule has 0 aromatic rings. The molecular weight excluding hydrogens is 262 g/mol. The first-order chi connectivity index (χ1) is 9.54. The van der Waals surface area contributed by atoms with E-state index in [0.29, 0.717) is 19.4 Å². The molecule has 1 rings (SSSR count). The molecule has 1 amide bonds. The second-order valence-corrected chi connectivity index (χ2v) is 5.16. The monoisotopic (exact) mass is 287 g/mol. The lowest BCUT2D eigenvalue weighted by molar-refractivity contribution is -0.150. The van der Waals surface area contributed by atoms with Crippen molar-refractivity contribution in [2.45, 2.75) is 45.3 Å². The van der Waals surface area contributed by atoms with Gasteiger partial charge in [-0.25, -0.2) is 0 Å². The molecule has 116 valence electrons. The fourth-order valence-corrected chi connectivity index (χ4v) is 2.40. The van der Waals surface area contributed by atoms with Gasteiger partial charge in [0.2, 0.25) is 0 Å². The Hall–Kier alpha value is -1.14. The number of carbonyl (C=O) groups excluding carboxylic acids is 2. The number of esters is 1. The van der Waals surface area contributed by atoms with E-state index in [-0.39, 0.29) is 31.1 Å². The molecule has 3 atom stereocenters. The predicted octanol–water partition coefficient (Wildman–Crippen LogP) is 0.574. The van der Waals surface area contributed by atoms with Gasteiger partial charge >= 0.3 is 5.97 Å². The van der Waals surface area contributed by atoms with Crippen molar-refractivity contribution < 1.29 is 24.2 Å². The van der Waals surface area contributed by atoms with Crippen LogP contribution in [0.5, 0.6) is 0 Å². The number of hydrogen-bond donors (Lipinski definition) is 1. The van der Waals surface area contributed by atoms with E-state index in [9.17, 15) is 14.7 Å². The summed E-state index contributed by atoms with van der Waals surface area (Å²) in [5, 5.41) is 9.45. The maximum Gasteiger partial charge on any atom is 0.310 e. The van der Waals surface area contributed by atoms with Crippen molar-refractivity contribution >= 4 is 11.9 Å². The molecule has 0 aromatic carbocycles. The van der Waals surface area contributed by atoms with E-state index in [1.165, 1.54) is 7.11 Å². The van der Waals surface area contributed by atoms with Gasteiger partial charge in [-0.2, -0.15) is 0 Å². The van der Waals surface area contributed by atoms with Crippen molar-refractivity contribution in [2.24, 2.45) is 5.92 Å². The molecule has 0 aliphatic carbocycles. The molecule has 0 saturated carbocycles. The number of carbonyl (C=O) groups is 2. The molecule has 6 nitrogen and oxygen atoms in total. The summed E-state index contributed by atoms with van der Waals surface area (Å²) >= 11 is 0. The van der Waals surface area contributed by atoms with Crippen LogP contribution in [0.2, 0.25) is 0 Å². The summed E-state index contributed by atoms with van der Waals surface area (Å²) in [7, 11) is 1.33. The van der Waals surface area contributed by atoms with Crippen molar-refractivity contribution in [3.63, 3.8) is 0 Å². The maximum atomic E-state index is 12.5. The molecule has 1 aliphatic rings. The third-order valence-corrected chi connectivity index (χ3v) is 3.69. The van der Waals surface area contributed by atoms with E-state index in [0.717, 1.165) is 6.42 Å². The highest BCUT2D eigenvalue weighted by molar-refractivity contribution is 5.82. The Labute approximate surface area is 120 Å². The Balaban J connectivity index is 2.78.